The van der Waals surface area contributed by atoms with Crippen molar-refractivity contribution in [2.45, 2.75) is 38.3 Å². The van der Waals surface area contributed by atoms with Crippen LogP contribution in [0.3, 0.4) is 0 Å². The number of hydrogen-bond acceptors (Lipinski definition) is 2. The molecular formula is C16H22INO3. The van der Waals surface area contributed by atoms with Gasteiger partial charge in [-0.1, -0.05) is 25.1 Å². The highest BCUT2D eigenvalue weighted by Crippen LogP contribution is 2.39. The fourth-order valence-corrected chi connectivity index (χ4v) is 3.51. The van der Waals surface area contributed by atoms with Crippen LogP contribution in [0.1, 0.15) is 37.8 Å². The van der Waals surface area contributed by atoms with Crippen molar-refractivity contribution in [3.05, 3.63) is 33.4 Å². The minimum atomic E-state index is -0.813. The van der Waals surface area contributed by atoms with Crippen LogP contribution in [-0.4, -0.2) is 35.9 Å². The predicted molar refractivity (Wildman–Crippen MR) is 90.4 cm³/mol. The third-order valence-electron chi connectivity index (χ3n) is 3.84. The van der Waals surface area contributed by atoms with Gasteiger partial charge in [0.25, 0.3) is 0 Å². The van der Waals surface area contributed by atoms with E-state index < -0.39 is 6.09 Å². The summed E-state index contributed by atoms with van der Waals surface area (Å²) in [6.07, 6.45) is 1.93. The Morgan fingerprint density at radius 1 is 1.48 bits per heavy atom. The van der Waals surface area contributed by atoms with E-state index in [-0.39, 0.29) is 12.1 Å². The third-order valence-corrected chi connectivity index (χ3v) is 4.82. The molecule has 0 bridgehead atoms. The van der Waals surface area contributed by atoms with Gasteiger partial charge in [-0.3, -0.25) is 4.90 Å². The van der Waals surface area contributed by atoms with Crippen molar-refractivity contribution in [2.24, 2.45) is 5.92 Å². The van der Waals surface area contributed by atoms with E-state index in [4.69, 9.17) is 4.74 Å². The van der Waals surface area contributed by atoms with Gasteiger partial charge in [0.15, 0.2) is 0 Å². The SMILES string of the molecule is COC[C@@H](C)CC(c1ccccc1I)N(C(=O)O)C1CC1. The molecule has 0 saturated heterocycles. The van der Waals surface area contributed by atoms with Gasteiger partial charge in [0.1, 0.15) is 0 Å². The molecule has 1 saturated carbocycles. The van der Waals surface area contributed by atoms with Crippen molar-refractivity contribution < 1.29 is 14.6 Å². The lowest BCUT2D eigenvalue weighted by molar-refractivity contribution is 0.0967. The number of carbonyl (C=O) groups is 1. The average Bonchev–Trinajstić information content (AvgIpc) is 3.23. The Balaban J connectivity index is 2.29. The van der Waals surface area contributed by atoms with Gasteiger partial charge in [-0.25, -0.2) is 4.79 Å². The number of halogens is 1. The van der Waals surface area contributed by atoms with Crippen LogP contribution in [0.15, 0.2) is 24.3 Å². The van der Waals surface area contributed by atoms with Crippen LogP contribution >= 0.6 is 22.6 Å². The molecule has 1 unspecified atom stereocenters. The first-order valence-electron chi connectivity index (χ1n) is 7.29. The van der Waals surface area contributed by atoms with Gasteiger partial charge in [-0.05, 0) is 59.4 Å². The van der Waals surface area contributed by atoms with Crippen LogP contribution < -0.4 is 0 Å². The predicted octanol–water partition coefficient (Wildman–Crippen LogP) is 4.15. The third kappa shape index (κ3) is 4.32. The molecule has 0 spiro atoms. The molecule has 1 aliphatic rings. The van der Waals surface area contributed by atoms with E-state index in [1.807, 2.05) is 24.3 Å². The highest BCUT2D eigenvalue weighted by molar-refractivity contribution is 14.1. The fraction of sp³-hybridized carbons (Fsp3) is 0.562. The number of benzene rings is 1. The normalized spacial score (nSPS) is 17.3. The van der Waals surface area contributed by atoms with Crippen LogP contribution in [0.5, 0.6) is 0 Å². The molecule has 116 valence electrons. The van der Waals surface area contributed by atoms with E-state index in [0.717, 1.165) is 28.4 Å². The zero-order chi connectivity index (χ0) is 15.4. The van der Waals surface area contributed by atoms with Crippen molar-refractivity contribution in [2.75, 3.05) is 13.7 Å². The van der Waals surface area contributed by atoms with Crippen LogP contribution in [0.25, 0.3) is 0 Å². The number of methoxy groups -OCH3 is 1. The van der Waals surface area contributed by atoms with Crippen molar-refractivity contribution in [1.82, 2.24) is 4.90 Å². The molecule has 0 radical (unpaired) electrons. The van der Waals surface area contributed by atoms with Crippen LogP contribution in [0, 0.1) is 9.49 Å². The second-order valence-corrected chi connectivity index (χ2v) is 6.92. The molecule has 1 N–H and O–H groups in total. The van der Waals surface area contributed by atoms with E-state index in [1.54, 1.807) is 12.0 Å². The van der Waals surface area contributed by atoms with E-state index in [1.165, 1.54) is 0 Å². The lowest BCUT2D eigenvalue weighted by Gasteiger charge is -2.32. The lowest BCUT2D eigenvalue weighted by atomic mass is 9.95. The zero-order valence-electron chi connectivity index (χ0n) is 12.5. The summed E-state index contributed by atoms with van der Waals surface area (Å²) in [6, 6.07) is 8.15. The molecule has 1 aliphatic carbocycles. The monoisotopic (exact) mass is 403 g/mol. The second kappa shape index (κ2) is 7.45. The summed E-state index contributed by atoms with van der Waals surface area (Å²) in [5.41, 5.74) is 1.11. The Morgan fingerprint density at radius 2 is 2.14 bits per heavy atom. The fourth-order valence-electron chi connectivity index (χ4n) is 2.77. The van der Waals surface area contributed by atoms with Crippen molar-refractivity contribution in [1.29, 1.82) is 0 Å². The van der Waals surface area contributed by atoms with Gasteiger partial charge in [0.05, 0.1) is 6.04 Å². The Kier molecular flexibility index (Phi) is 5.87. The Morgan fingerprint density at radius 3 is 2.67 bits per heavy atom. The number of hydrogen-bond donors (Lipinski definition) is 1. The summed E-state index contributed by atoms with van der Waals surface area (Å²) < 4.78 is 6.34. The minimum Gasteiger partial charge on any atom is -0.465 e. The molecule has 1 amide bonds. The lowest BCUT2D eigenvalue weighted by Crippen LogP contribution is -2.37. The summed E-state index contributed by atoms with van der Waals surface area (Å²) in [6.45, 7) is 2.76. The first-order chi connectivity index (χ1) is 10.0. The van der Waals surface area contributed by atoms with Crippen molar-refractivity contribution >= 4 is 28.7 Å². The molecule has 1 aromatic rings. The molecule has 2 atom stereocenters. The zero-order valence-corrected chi connectivity index (χ0v) is 14.6. The molecule has 21 heavy (non-hydrogen) atoms. The Labute approximate surface area is 139 Å². The summed E-state index contributed by atoms with van der Waals surface area (Å²) in [4.78, 5) is 13.4. The van der Waals surface area contributed by atoms with Crippen LogP contribution in [-0.2, 0) is 4.74 Å². The largest absolute Gasteiger partial charge is 0.465 e. The molecule has 1 aromatic carbocycles. The highest BCUT2D eigenvalue weighted by Gasteiger charge is 2.39. The molecule has 5 heteroatoms. The molecule has 0 aliphatic heterocycles. The molecule has 1 fully saturated rings. The van der Waals surface area contributed by atoms with E-state index >= 15 is 0 Å². The van der Waals surface area contributed by atoms with Crippen LogP contribution in [0.2, 0.25) is 0 Å². The minimum absolute atomic E-state index is 0.0896. The quantitative estimate of drug-likeness (QED) is 0.696. The van der Waals surface area contributed by atoms with Crippen molar-refractivity contribution in [3.63, 3.8) is 0 Å². The number of amides is 1. The maximum atomic E-state index is 11.7. The first kappa shape index (κ1) is 16.5. The van der Waals surface area contributed by atoms with Gasteiger partial charge >= 0.3 is 6.09 Å². The number of carboxylic acid groups (broad SMARTS) is 1. The van der Waals surface area contributed by atoms with Gasteiger partial charge in [0, 0.05) is 23.3 Å². The number of ether oxygens (including phenoxy) is 1. The van der Waals surface area contributed by atoms with Gasteiger partial charge < -0.3 is 9.84 Å². The van der Waals surface area contributed by atoms with E-state index in [2.05, 4.69) is 29.5 Å². The molecular weight excluding hydrogens is 381 g/mol. The summed E-state index contributed by atoms with van der Waals surface area (Å²) in [5, 5.41) is 9.64. The van der Waals surface area contributed by atoms with Gasteiger partial charge in [-0.2, -0.15) is 0 Å². The first-order valence-corrected chi connectivity index (χ1v) is 8.37. The maximum absolute atomic E-state index is 11.7. The Bertz CT molecular complexity index is 490. The summed E-state index contributed by atoms with van der Waals surface area (Å²) in [5.74, 6) is 0.316. The van der Waals surface area contributed by atoms with Crippen molar-refractivity contribution in [3.8, 4) is 0 Å². The standard InChI is InChI=1S/C16H22INO3/c1-11(10-21-2)9-15(13-5-3-4-6-14(13)17)18(16(19)20)12-7-8-12/h3-6,11-12,15H,7-10H2,1-2H3,(H,19,20)/t11-,15?/m0/s1. The number of nitrogens with zero attached hydrogens (tertiary/aromatic N) is 1. The van der Waals surface area contributed by atoms with Crippen LogP contribution in [0.4, 0.5) is 4.79 Å². The highest BCUT2D eigenvalue weighted by atomic mass is 127. The number of rotatable bonds is 7. The van der Waals surface area contributed by atoms with Gasteiger partial charge in [0.2, 0.25) is 0 Å². The average molecular weight is 403 g/mol. The summed E-state index contributed by atoms with van der Waals surface area (Å²) >= 11 is 2.29. The van der Waals surface area contributed by atoms with E-state index in [9.17, 15) is 9.90 Å². The smallest absolute Gasteiger partial charge is 0.408 e. The topological polar surface area (TPSA) is 49.8 Å². The van der Waals surface area contributed by atoms with Gasteiger partial charge in [-0.15, -0.1) is 0 Å². The molecule has 0 aromatic heterocycles. The van der Waals surface area contributed by atoms with E-state index in [0.29, 0.717) is 12.5 Å². The molecule has 0 heterocycles. The molecule has 2 rings (SSSR count). The second-order valence-electron chi connectivity index (χ2n) is 5.75. The maximum Gasteiger partial charge on any atom is 0.408 e. The Hall–Kier alpha value is -0.820. The summed E-state index contributed by atoms with van der Waals surface area (Å²) in [7, 11) is 1.69. The molecule has 4 nitrogen and oxygen atoms in total.